The molecule has 16 heavy (non-hydrogen) atoms. The highest BCUT2D eigenvalue weighted by atomic mass is 35.5. The Hall–Kier alpha value is -1.54. The Kier molecular flexibility index (Phi) is 3.11. The number of halogens is 1. The zero-order valence-corrected chi connectivity index (χ0v) is 9.83. The number of nitrogen functional groups attached to an aromatic ring is 1. The summed E-state index contributed by atoms with van der Waals surface area (Å²) >= 11 is 5.94. The van der Waals surface area contributed by atoms with Crippen molar-refractivity contribution in [1.82, 2.24) is 4.98 Å². The predicted octanol–water partition coefficient (Wildman–Crippen LogP) is 3.22. The lowest BCUT2D eigenvalue weighted by Crippen LogP contribution is -1.97. The number of rotatable bonds is 2. The lowest BCUT2D eigenvalue weighted by molar-refractivity contribution is 1.11. The Labute approximate surface area is 100 Å². The summed E-state index contributed by atoms with van der Waals surface area (Å²) in [5, 5.41) is 0.763. The summed E-state index contributed by atoms with van der Waals surface area (Å²) in [6.07, 6.45) is 2.66. The van der Waals surface area contributed by atoms with Gasteiger partial charge in [0.25, 0.3) is 0 Å². The number of aryl methyl sites for hydroxylation is 1. The molecule has 2 rings (SSSR count). The van der Waals surface area contributed by atoms with Crippen LogP contribution in [0.1, 0.15) is 16.7 Å². The van der Waals surface area contributed by atoms with Gasteiger partial charge in [-0.2, -0.15) is 0 Å². The van der Waals surface area contributed by atoms with E-state index >= 15 is 0 Å². The van der Waals surface area contributed by atoms with Crippen molar-refractivity contribution in [1.29, 1.82) is 0 Å². The van der Waals surface area contributed by atoms with Crippen LogP contribution >= 0.6 is 11.6 Å². The van der Waals surface area contributed by atoms with Gasteiger partial charge in [0.05, 0.1) is 0 Å². The summed E-state index contributed by atoms with van der Waals surface area (Å²) < 4.78 is 0. The first-order chi connectivity index (χ1) is 7.65. The Morgan fingerprint density at radius 2 is 2.12 bits per heavy atom. The molecular formula is C13H13ClN2. The molecule has 1 aromatic carbocycles. The maximum absolute atomic E-state index is 5.94. The van der Waals surface area contributed by atoms with Gasteiger partial charge >= 0.3 is 0 Å². The highest BCUT2D eigenvalue weighted by Gasteiger charge is 2.02. The third-order valence-electron chi connectivity index (χ3n) is 2.52. The van der Waals surface area contributed by atoms with Gasteiger partial charge in [-0.05, 0) is 48.2 Å². The molecule has 2 nitrogen and oxygen atoms in total. The SMILES string of the molecule is Cc1cc(N)ncc1Cc1cccc(Cl)c1. The summed E-state index contributed by atoms with van der Waals surface area (Å²) in [5.41, 5.74) is 9.13. The molecule has 0 amide bonds. The molecule has 0 aliphatic rings. The molecule has 0 saturated carbocycles. The minimum Gasteiger partial charge on any atom is -0.384 e. The van der Waals surface area contributed by atoms with E-state index in [2.05, 4.69) is 11.1 Å². The lowest BCUT2D eigenvalue weighted by Gasteiger charge is -2.06. The Balaban J connectivity index is 2.27. The van der Waals surface area contributed by atoms with E-state index in [1.165, 1.54) is 11.1 Å². The van der Waals surface area contributed by atoms with Crippen LogP contribution < -0.4 is 5.73 Å². The second-order valence-electron chi connectivity index (χ2n) is 3.84. The molecule has 3 heteroatoms. The number of pyridine rings is 1. The van der Waals surface area contributed by atoms with Crippen LogP contribution in [-0.4, -0.2) is 4.98 Å². The molecule has 0 atom stereocenters. The Morgan fingerprint density at radius 3 is 2.81 bits per heavy atom. The van der Waals surface area contributed by atoms with E-state index in [1.54, 1.807) is 0 Å². The first kappa shape index (κ1) is 11.0. The number of benzene rings is 1. The van der Waals surface area contributed by atoms with Gasteiger partial charge in [0, 0.05) is 11.2 Å². The van der Waals surface area contributed by atoms with Crippen LogP contribution in [0.15, 0.2) is 36.5 Å². The monoisotopic (exact) mass is 232 g/mol. The van der Waals surface area contributed by atoms with E-state index in [9.17, 15) is 0 Å². The highest BCUT2D eigenvalue weighted by Crippen LogP contribution is 2.17. The number of hydrogen-bond donors (Lipinski definition) is 1. The number of aromatic nitrogens is 1. The summed E-state index contributed by atoms with van der Waals surface area (Å²) in [7, 11) is 0. The zero-order valence-electron chi connectivity index (χ0n) is 9.07. The minimum absolute atomic E-state index is 0.562. The van der Waals surface area contributed by atoms with Crippen LogP contribution in [0.3, 0.4) is 0 Å². The van der Waals surface area contributed by atoms with Crippen molar-refractivity contribution in [3.63, 3.8) is 0 Å². The number of hydrogen-bond acceptors (Lipinski definition) is 2. The van der Waals surface area contributed by atoms with Crippen molar-refractivity contribution in [3.8, 4) is 0 Å². The number of nitrogens with zero attached hydrogens (tertiary/aromatic N) is 1. The Bertz CT molecular complexity index is 509. The van der Waals surface area contributed by atoms with Crippen LogP contribution in [0.5, 0.6) is 0 Å². The van der Waals surface area contributed by atoms with Crippen molar-refractivity contribution in [2.24, 2.45) is 0 Å². The van der Waals surface area contributed by atoms with Gasteiger partial charge in [-0.1, -0.05) is 23.7 Å². The number of nitrogens with two attached hydrogens (primary N) is 1. The zero-order chi connectivity index (χ0) is 11.5. The average molecular weight is 233 g/mol. The molecule has 0 fully saturated rings. The molecule has 0 unspecified atom stereocenters. The molecule has 0 radical (unpaired) electrons. The summed E-state index contributed by atoms with van der Waals surface area (Å²) in [6, 6.07) is 9.75. The molecule has 0 saturated heterocycles. The normalized spacial score (nSPS) is 10.4. The molecule has 82 valence electrons. The minimum atomic E-state index is 0.562. The molecule has 2 N–H and O–H groups in total. The maximum Gasteiger partial charge on any atom is 0.123 e. The van der Waals surface area contributed by atoms with Crippen molar-refractivity contribution < 1.29 is 0 Å². The topological polar surface area (TPSA) is 38.9 Å². The van der Waals surface area contributed by atoms with Crippen molar-refractivity contribution in [2.75, 3.05) is 5.73 Å². The van der Waals surface area contributed by atoms with Crippen LogP contribution in [0, 0.1) is 6.92 Å². The second kappa shape index (κ2) is 4.54. The highest BCUT2D eigenvalue weighted by molar-refractivity contribution is 6.30. The summed E-state index contributed by atoms with van der Waals surface area (Å²) in [6.45, 7) is 2.04. The van der Waals surface area contributed by atoms with Gasteiger partial charge in [0.2, 0.25) is 0 Å². The van der Waals surface area contributed by atoms with Gasteiger partial charge < -0.3 is 5.73 Å². The van der Waals surface area contributed by atoms with E-state index < -0.39 is 0 Å². The van der Waals surface area contributed by atoms with Crippen LogP contribution in [0.2, 0.25) is 5.02 Å². The van der Waals surface area contributed by atoms with Gasteiger partial charge in [-0.25, -0.2) is 4.98 Å². The van der Waals surface area contributed by atoms with Crippen molar-refractivity contribution >= 4 is 17.4 Å². The van der Waals surface area contributed by atoms with Gasteiger partial charge in [-0.3, -0.25) is 0 Å². The molecular weight excluding hydrogens is 220 g/mol. The molecule has 0 aliphatic heterocycles. The van der Waals surface area contributed by atoms with E-state index in [4.69, 9.17) is 17.3 Å². The first-order valence-electron chi connectivity index (χ1n) is 5.10. The van der Waals surface area contributed by atoms with Crippen molar-refractivity contribution in [2.45, 2.75) is 13.3 Å². The predicted molar refractivity (Wildman–Crippen MR) is 67.6 cm³/mol. The van der Waals surface area contributed by atoms with Gasteiger partial charge in [0.15, 0.2) is 0 Å². The molecule has 1 heterocycles. The summed E-state index contributed by atoms with van der Waals surface area (Å²) in [5.74, 6) is 0.562. The Morgan fingerprint density at radius 1 is 1.31 bits per heavy atom. The molecule has 0 bridgehead atoms. The fourth-order valence-electron chi connectivity index (χ4n) is 1.66. The molecule has 0 aliphatic carbocycles. The molecule has 1 aromatic heterocycles. The lowest BCUT2D eigenvalue weighted by atomic mass is 10.0. The second-order valence-corrected chi connectivity index (χ2v) is 4.28. The van der Waals surface area contributed by atoms with Crippen molar-refractivity contribution in [3.05, 3.63) is 58.2 Å². The van der Waals surface area contributed by atoms with Crippen LogP contribution in [-0.2, 0) is 6.42 Å². The standard InChI is InChI=1S/C13H13ClN2/c1-9-5-13(15)16-8-11(9)6-10-3-2-4-12(14)7-10/h2-5,7-8H,6H2,1H3,(H2,15,16). The fourth-order valence-corrected chi connectivity index (χ4v) is 1.87. The maximum atomic E-state index is 5.94. The quantitative estimate of drug-likeness (QED) is 0.864. The van der Waals surface area contributed by atoms with E-state index in [0.29, 0.717) is 5.82 Å². The fraction of sp³-hybridized carbons (Fsp3) is 0.154. The molecule has 2 aromatic rings. The van der Waals surface area contributed by atoms with Crippen LogP contribution in [0.25, 0.3) is 0 Å². The smallest absolute Gasteiger partial charge is 0.123 e. The number of anilines is 1. The first-order valence-corrected chi connectivity index (χ1v) is 5.48. The molecule has 0 spiro atoms. The van der Waals surface area contributed by atoms with E-state index in [0.717, 1.165) is 17.0 Å². The third kappa shape index (κ3) is 2.52. The average Bonchev–Trinajstić information content (AvgIpc) is 2.22. The van der Waals surface area contributed by atoms with Gasteiger partial charge in [0.1, 0.15) is 5.82 Å². The largest absolute Gasteiger partial charge is 0.384 e. The van der Waals surface area contributed by atoms with E-state index in [-0.39, 0.29) is 0 Å². The summed E-state index contributed by atoms with van der Waals surface area (Å²) in [4.78, 5) is 4.10. The van der Waals surface area contributed by atoms with Gasteiger partial charge in [-0.15, -0.1) is 0 Å². The van der Waals surface area contributed by atoms with E-state index in [1.807, 2.05) is 37.4 Å². The van der Waals surface area contributed by atoms with Crippen LogP contribution in [0.4, 0.5) is 5.82 Å². The third-order valence-corrected chi connectivity index (χ3v) is 2.76.